The molecule has 0 amide bonds. The molecule has 0 saturated heterocycles. The Morgan fingerprint density at radius 3 is 2.07 bits per heavy atom. The Morgan fingerprint density at radius 2 is 1.57 bits per heavy atom. The molecular weight excluding hydrogens is 413 g/mol. The van der Waals surface area contributed by atoms with Gasteiger partial charge in [-0.2, -0.15) is 0 Å². The van der Waals surface area contributed by atoms with Crippen LogP contribution in [0.2, 0.25) is 50.9 Å². The predicted molar refractivity (Wildman–Crippen MR) is 145 cm³/mol. The van der Waals surface area contributed by atoms with Crippen molar-refractivity contribution in [1.29, 1.82) is 0 Å². The van der Waals surface area contributed by atoms with Crippen LogP contribution in [-0.2, 0) is 0 Å². The van der Waals surface area contributed by atoms with Crippen LogP contribution < -0.4 is 15.1 Å². The highest BCUT2D eigenvalue weighted by molar-refractivity contribution is 7.00. The molecule has 0 atom stereocenters. The first-order valence-electron chi connectivity index (χ1n) is 11.3. The highest BCUT2D eigenvalue weighted by atomic mass is 28.3. The predicted octanol–water partition coefficient (Wildman–Crippen LogP) is 6.86. The van der Waals surface area contributed by atoms with Gasteiger partial charge in [0.25, 0.3) is 0 Å². The third kappa shape index (κ3) is 4.71. The highest BCUT2D eigenvalue weighted by Gasteiger charge is 2.43. The van der Waals surface area contributed by atoms with Gasteiger partial charge in [-0.1, -0.05) is 119 Å². The average molecular weight is 457 g/mol. The van der Waals surface area contributed by atoms with Gasteiger partial charge >= 0.3 is 0 Å². The highest BCUT2D eigenvalue weighted by Crippen LogP contribution is 2.39. The fraction of sp³-hybridized carbons (Fsp3) is 0.538. The quantitative estimate of drug-likeness (QED) is 0.321. The van der Waals surface area contributed by atoms with Gasteiger partial charge in [0.05, 0.1) is 16.1 Å². The molecule has 30 heavy (non-hydrogen) atoms. The van der Waals surface area contributed by atoms with Gasteiger partial charge in [0.15, 0.2) is 0 Å². The van der Waals surface area contributed by atoms with Crippen molar-refractivity contribution < 1.29 is 4.74 Å². The summed E-state index contributed by atoms with van der Waals surface area (Å²) in [7, 11) is -5.06. The lowest BCUT2D eigenvalue weighted by Crippen LogP contribution is -2.54. The van der Waals surface area contributed by atoms with Crippen molar-refractivity contribution >= 4 is 34.6 Å². The minimum absolute atomic E-state index is 0.258. The van der Waals surface area contributed by atoms with Crippen molar-refractivity contribution in [3.8, 4) is 5.75 Å². The van der Waals surface area contributed by atoms with E-state index in [4.69, 9.17) is 4.74 Å². The Bertz CT molecular complexity index is 875. The van der Waals surface area contributed by atoms with Crippen molar-refractivity contribution in [3.63, 3.8) is 0 Å². The molecule has 0 aliphatic heterocycles. The van der Waals surface area contributed by atoms with Gasteiger partial charge in [-0.3, -0.25) is 0 Å². The summed E-state index contributed by atoms with van der Waals surface area (Å²) in [5.74, 6) is 1.18. The molecule has 1 nitrogen and oxygen atoms in total. The number of hydrogen-bond donors (Lipinski definition) is 0. The SMILES string of the molecule is C=CCOc1c([Si](C)(C)C2=C([Si](C)(C)C)C=CC2)cc(C)cc1[Si](C)(C)C(C)(C)C. The maximum atomic E-state index is 6.54. The van der Waals surface area contributed by atoms with Crippen LogP contribution in [-0.4, -0.2) is 30.8 Å². The minimum atomic E-state index is -1.90. The molecule has 1 aliphatic rings. The Morgan fingerprint density at radius 1 is 1.00 bits per heavy atom. The molecule has 0 unspecified atom stereocenters. The number of benzene rings is 1. The molecule has 0 bridgehead atoms. The van der Waals surface area contributed by atoms with Gasteiger partial charge in [-0.15, -0.1) is 0 Å². The molecule has 1 aliphatic carbocycles. The van der Waals surface area contributed by atoms with Crippen LogP contribution in [0.3, 0.4) is 0 Å². The molecule has 0 fully saturated rings. The molecule has 2 rings (SSSR count). The molecule has 0 saturated carbocycles. The minimum Gasteiger partial charge on any atom is -0.490 e. The van der Waals surface area contributed by atoms with Crippen molar-refractivity contribution in [2.24, 2.45) is 0 Å². The fourth-order valence-electron chi connectivity index (χ4n) is 4.37. The van der Waals surface area contributed by atoms with E-state index >= 15 is 0 Å². The zero-order valence-corrected chi connectivity index (χ0v) is 24.4. The maximum absolute atomic E-state index is 6.54. The molecule has 166 valence electrons. The van der Waals surface area contributed by atoms with Crippen LogP contribution in [0.5, 0.6) is 5.75 Å². The number of rotatable bonds is 7. The fourth-order valence-corrected chi connectivity index (χ4v) is 13.4. The lowest BCUT2D eigenvalue weighted by atomic mass is 10.2. The largest absolute Gasteiger partial charge is 0.490 e. The monoisotopic (exact) mass is 456 g/mol. The number of allylic oxidation sites excluding steroid dienone is 4. The van der Waals surface area contributed by atoms with Gasteiger partial charge in [0, 0.05) is 0 Å². The van der Waals surface area contributed by atoms with E-state index < -0.39 is 24.2 Å². The number of hydrogen-bond acceptors (Lipinski definition) is 1. The second-order valence-corrected chi connectivity index (χ2v) is 26.8. The lowest BCUT2D eigenvalue weighted by molar-refractivity contribution is 0.368. The van der Waals surface area contributed by atoms with Crippen LogP contribution in [0.15, 0.2) is 47.3 Å². The Balaban J connectivity index is 2.84. The summed E-state index contributed by atoms with van der Waals surface area (Å²) in [6.07, 6.45) is 7.83. The summed E-state index contributed by atoms with van der Waals surface area (Å²) in [4.78, 5) is 0. The van der Waals surface area contributed by atoms with Crippen molar-refractivity contribution in [2.75, 3.05) is 6.61 Å². The molecule has 0 heterocycles. The summed E-state index contributed by atoms with van der Waals surface area (Å²) >= 11 is 0. The molecule has 0 aromatic heterocycles. The third-order valence-electron chi connectivity index (χ3n) is 7.29. The third-order valence-corrected chi connectivity index (χ3v) is 18.8. The van der Waals surface area contributed by atoms with E-state index in [-0.39, 0.29) is 5.04 Å². The second-order valence-electron chi connectivity index (χ2n) is 12.0. The van der Waals surface area contributed by atoms with Gasteiger partial charge in [-0.25, -0.2) is 0 Å². The molecule has 1 aromatic carbocycles. The van der Waals surface area contributed by atoms with Crippen LogP contribution >= 0.6 is 0 Å². The van der Waals surface area contributed by atoms with Crippen LogP contribution in [0.25, 0.3) is 0 Å². The van der Waals surface area contributed by atoms with Crippen molar-refractivity contribution in [2.45, 2.75) is 85.0 Å². The van der Waals surface area contributed by atoms with Crippen LogP contribution in [0.4, 0.5) is 0 Å². The van der Waals surface area contributed by atoms with E-state index in [9.17, 15) is 0 Å². The van der Waals surface area contributed by atoms with E-state index in [0.717, 1.165) is 6.42 Å². The van der Waals surface area contributed by atoms with Gasteiger partial charge < -0.3 is 4.74 Å². The van der Waals surface area contributed by atoms with Gasteiger partial charge in [0.2, 0.25) is 0 Å². The topological polar surface area (TPSA) is 9.23 Å². The molecule has 0 radical (unpaired) electrons. The summed E-state index contributed by atoms with van der Waals surface area (Å²) in [5.41, 5.74) is 1.37. The standard InChI is InChI=1S/C26H44OSi3/c1-13-17-27-25-23(18-20(2)19-24(25)30(11,12)26(3,4)5)29(9,10)22-16-14-15-21(22)28(6,7)8/h13-15,18-19H,1,16-17H2,2-12H3. The second kappa shape index (κ2) is 8.44. The summed E-state index contributed by atoms with van der Waals surface area (Å²) in [5, 5.41) is 6.61. The van der Waals surface area contributed by atoms with E-state index in [1.54, 1.807) is 10.4 Å². The smallest absolute Gasteiger partial charge is 0.118 e. The molecule has 1 aromatic rings. The molecule has 0 spiro atoms. The van der Waals surface area contributed by atoms with Gasteiger partial charge in [0.1, 0.15) is 20.4 Å². The maximum Gasteiger partial charge on any atom is 0.118 e. The summed E-state index contributed by atoms with van der Waals surface area (Å²) < 4.78 is 6.54. The Hall–Kier alpha value is -1.11. The number of aryl methyl sites for hydroxylation is 1. The van der Waals surface area contributed by atoms with Crippen LogP contribution in [0.1, 0.15) is 32.8 Å². The molecule has 4 heteroatoms. The first kappa shape index (κ1) is 25.2. The first-order chi connectivity index (χ1) is 13.5. The van der Waals surface area contributed by atoms with Crippen LogP contribution in [0, 0.1) is 6.92 Å². The van der Waals surface area contributed by atoms with Crippen molar-refractivity contribution in [3.05, 3.63) is 52.9 Å². The van der Waals surface area contributed by atoms with E-state index in [1.807, 2.05) is 6.08 Å². The average Bonchev–Trinajstić information content (AvgIpc) is 3.10. The Labute approximate surface area is 189 Å². The summed E-state index contributed by atoms with van der Waals surface area (Å²) in [6, 6.07) is 4.86. The summed E-state index contributed by atoms with van der Waals surface area (Å²) in [6.45, 7) is 31.5. The van der Waals surface area contributed by atoms with E-state index in [2.05, 4.69) is 104 Å². The first-order valence-corrected chi connectivity index (χ1v) is 20.8. The Kier molecular flexibility index (Phi) is 7.07. The lowest BCUT2D eigenvalue weighted by Gasteiger charge is -2.40. The zero-order valence-electron chi connectivity index (χ0n) is 21.4. The van der Waals surface area contributed by atoms with Crippen molar-refractivity contribution in [1.82, 2.24) is 0 Å². The zero-order chi connectivity index (χ0) is 23.1. The number of ether oxygens (including phenoxy) is 1. The van der Waals surface area contributed by atoms with E-state index in [1.165, 1.54) is 21.7 Å². The van der Waals surface area contributed by atoms with Gasteiger partial charge in [-0.05, 0) is 28.8 Å². The normalized spacial score (nSPS) is 15.7. The van der Waals surface area contributed by atoms with E-state index in [0.29, 0.717) is 6.61 Å². The molecular formula is C26H44OSi3. The molecule has 0 N–H and O–H groups in total.